The van der Waals surface area contributed by atoms with Gasteiger partial charge in [-0.2, -0.15) is 0 Å². The lowest BCUT2D eigenvalue weighted by Crippen LogP contribution is -2.22. The average molecular weight is 420 g/mol. The number of halogens is 1. The molecule has 0 bridgehead atoms. The topological polar surface area (TPSA) is 97.2 Å². The molecule has 0 atom stereocenters. The number of nitrogens with one attached hydrogen (secondary N) is 1. The number of hydrogen-bond donors (Lipinski definition) is 1. The molecule has 1 aromatic heterocycles. The summed E-state index contributed by atoms with van der Waals surface area (Å²) in [6.45, 7) is 1.71. The molecule has 1 heterocycles. The highest BCUT2D eigenvalue weighted by atomic mass is 35.5. The van der Waals surface area contributed by atoms with E-state index in [1.807, 2.05) is 0 Å². The lowest BCUT2D eigenvalue weighted by Gasteiger charge is -2.12. The lowest BCUT2D eigenvalue weighted by atomic mass is 10.2. The summed E-state index contributed by atoms with van der Waals surface area (Å²) in [5, 5.41) is 11.2. The molecule has 0 saturated carbocycles. The maximum Gasteiger partial charge on any atom is 0.278 e. The van der Waals surface area contributed by atoms with Crippen LogP contribution in [0.15, 0.2) is 53.4 Å². The number of aromatic nitrogens is 3. The van der Waals surface area contributed by atoms with Gasteiger partial charge in [0.2, 0.25) is 10.0 Å². The second-order valence-corrected chi connectivity index (χ2v) is 8.77. The van der Waals surface area contributed by atoms with Crippen molar-refractivity contribution in [2.45, 2.75) is 11.8 Å². The minimum atomic E-state index is -3.61. The number of sulfonamides is 1. The smallest absolute Gasteiger partial charge is 0.278 e. The van der Waals surface area contributed by atoms with Gasteiger partial charge in [0, 0.05) is 24.8 Å². The van der Waals surface area contributed by atoms with Crippen LogP contribution < -0.4 is 5.32 Å². The standard InChI is InChI=1S/C18H18ClN5O3S/c1-12-17(21-22-24(12)15-8-4-6-13(19)10-15)18(25)20-14-7-5-9-16(11-14)28(26,27)23(2)3/h4-11H,1-3H3,(H,20,25). The summed E-state index contributed by atoms with van der Waals surface area (Å²) < 4.78 is 27.1. The molecule has 10 heteroatoms. The van der Waals surface area contributed by atoms with E-state index in [-0.39, 0.29) is 10.6 Å². The third-order valence-electron chi connectivity index (χ3n) is 4.03. The summed E-state index contributed by atoms with van der Waals surface area (Å²) >= 11 is 6.00. The number of rotatable bonds is 5. The number of nitrogens with zero attached hydrogens (tertiary/aromatic N) is 4. The molecule has 8 nitrogen and oxygen atoms in total. The van der Waals surface area contributed by atoms with E-state index >= 15 is 0 Å². The lowest BCUT2D eigenvalue weighted by molar-refractivity contribution is 0.102. The first-order chi connectivity index (χ1) is 13.2. The summed E-state index contributed by atoms with van der Waals surface area (Å²) in [5.74, 6) is -0.495. The maximum atomic E-state index is 12.6. The highest BCUT2D eigenvalue weighted by Gasteiger charge is 2.20. The van der Waals surface area contributed by atoms with Gasteiger partial charge in [-0.05, 0) is 43.3 Å². The van der Waals surface area contributed by atoms with Crippen molar-refractivity contribution in [1.29, 1.82) is 0 Å². The molecule has 146 valence electrons. The van der Waals surface area contributed by atoms with Crippen LogP contribution >= 0.6 is 11.6 Å². The summed E-state index contributed by atoms with van der Waals surface area (Å²) in [5.41, 5.74) is 1.66. The second-order valence-electron chi connectivity index (χ2n) is 6.18. The zero-order valence-corrected chi connectivity index (χ0v) is 17.0. The van der Waals surface area contributed by atoms with Gasteiger partial charge in [-0.1, -0.05) is 28.9 Å². The number of carbonyl (C=O) groups is 1. The van der Waals surface area contributed by atoms with Gasteiger partial charge in [-0.3, -0.25) is 4.79 Å². The Hall–Kier alpha value is -2.75. The van der Waals surface area contributed by atoms with E-state index in [4.69, 9.17) is 11.6 Å². The van der Waals surface area contributed by atoms with Gasteiger partial charge in [0.25, 0.3) is 5.91 Å². The molecule has 0 saturated heterocycles. The fraction of sp³-hybridized carbons (Fsp3) is 0.167. The zero-order valence-electron chi connectivity index (χ0n) is 15.4. The Morgan fingerprint density at radius 2 is 1.86 bits per heavy atom. The van der Waals surface area contributed by atoms with Crippen molar-refractivity contribution in [3.63, 3.8) is 0 Å². The molecule has 0 aliphatic carbocycles. The average Bonchev–Trinajstić information content (AvgIpc) is 3.03. The van der Waals surface area contributed by atoms with Crippen LogP contribution in [0.5, 0.6) is 0 Å². The summed E-state index contributed by atoms with van der Waals surface area (Å²) in [4.78, 5) is 12.7. The Morgan fingerprint density at radius 1 is 1.14 bits per heavy atom. The monoisotopic (exact) mass is 419 g/mol. The van der Waals surface area contributed by atoms with Gasteiger partial charge in [-0.15, -0.1) is 5.10 Å². The third-order valence-corrected chi connectivity index (χ3v) is 6.08. The van der Waals surface area contributed by atoms with E-state index in [0.717, 1.165) is 4.31 Å². The van der Waals surface area contributed by atoms with Crippen molar-refractivity contribution in [1.82, 2.24) is 19.3 Å². The fourth-order valence-corrected chi connectivity index (χ4v) is 3.66. The van der Waals surface area contributed by atoms with E-state index < -0.39 is 15.9 Å². The predicted octanol–water partition coefficient (Wildman–Crippen LogP) is 2.73. The molecule has 28 heavy (non-hydrogen) atoms. The van der Waals surface area contributed by atoms with Crippen LogP contribution in [0.4, 0.5) is 5.69 Å². The second kappa shape index (κ2) is 7.70. The number of amides is 1. The summed E-state index contributed by atoms with van der Waals surface area (Å²) in [6, 6.07) is 13.0. The third kappa shape index (κ3) is 3.91. The quantitative estimate of drug-likeness (QED) is 0.685. The number of anilines is 1. The van der Waals surface area contributed by atoms with Crippen LogP contribution in [0.2, 0.25) is 5.02 Å². The molecule has 0 aliphatic rings. The van der Waals surface area contributed by atoms with Crippen molar-refractivity contribution in [2.24, 2.45) is 0 Å². The molecule has 0 radical (unpaired) electrons. The van der Waals surface area contributed by atoms with Gasteiger partial charge in [0.05, 0.1) is 16.3 Å². The molecule has 0 aliphatic heterocycles. The zero-order chi connectivity index (χ0) is 20.5. The van der Waals surface area contributed by atoms with Crippen molar-refractivity contribution < 1.29 is 13.2 Å². The van der Waals surface area contributed by atoms with E-state index in [1.165, 1.54) is 30.9 Å². The predicted molar refractivity (Wildman–Crippen MR) is 106 cm³/mol. The minimum absolute atomic E-state index is 0.0783. The van der Waals surface area contributed by atoms with Gasteiger partial charge >= 0.3 is 0 Å². The minimum Gasteiger partial charge on any atom is -0.320 e. The van der Waals surface area contributed by atoms with Crippen molar-refractivity contribution in [3.05, 3.63) is 64.9 Å². The van der Waals surface area contributed by atoms with E-state index in [1.54, 1.807) is 43.3 Å². The Bertz CT molecular complexity index is 1140. The van der Waals surface area contributed by atoms with Crippen LogP contribution in [0.25, 0.3) is 5.69 Å². The number of hydrogen-bond acceptors (Lipinski definition) is 5. The molecule has 0 fully saturated rings. The molecular formula is C18H18ClN5O3S. The van der Waals surface area contributed by atoms with E-state index in [9.17, 15) is 13.2 Å². The molecule has 3 rings (SSSR count). The van der Waals surface area contributed by atoms with Gasteiger partial charge in [0.1, 0.15) is 0 Å². The Kier molecular flexibility index (Phi) is 5.50. The molecule has 2 aromatic carbocycles. The molecule has 1 N–H and O–H groups in total. The Morgan fingerprint density at radius 3 is 2.54 bits per heavy atom. The number of benzene rings is 2. The molecule has 0 unspecified atom stereocenters. The van der Waals surface area contributed by atoms with E-state index in [2.05, 4.69) is 15.6 Å². The van der Waals surface area contributed by atoms with Crippen LogP contribution in [0.1, 0.15) is 16.2 Å². The van der Waals surface area contributed by atoms with Crippen molar-refractivity contribution in [3.8, 4) is 5.69 Å². The molecule has 1 amide bonds. The summed E-state index contributed by atoms with van der Waals surface area (Å²) in [7, 11) is -0.721. The van der Waals surface area contributed by atoms with Gasteiger partial charge in [-0.25, -0.2) is 17.4 Å². The summed E-state index contributed by atoms with van der Waals surface area (Å²) in [6.07, 6.45) is 0. The molecule has 0 spiro atoms. The first-order valence-electron chi connectivity index (χ1n) is 8.22. The van der Waals surface area contributed by atoms with Crippen LogP contribution in [0.3, 0.4) is 0 Å². The van der Waals surface area contributed by atoms with Crippen molar-refractivity contribution >= 4 is 33.2 Å². The number of carbonyl (C=O) groups excluding carboxylic acids is 1. The fourth-order valence-electron chi connectivity index (χ4n) is 2.53. The largest absolute Gasteiger partial charge is 0.320 e. The first kappa shape index (κ1) is 20.0. The van der Waals surface area contributed by atoms with Crippen LogP contribution in [-0.4, -0.2) is 47.7 Å². The van der Waals surface area contributed by atoms with Gasteiger partial charge < -0.3 is 5.32 Å². The van der Waals surface area contributed by atoms with Crippen LogP contribution in [0, 0.1) is 6.92 Å². The van der Waals surface area contributed by atoms with Crippen LogP contribution in [-0.2, 0) is 10.0 Å². The highest BCUT2D eigenvalue weighted by Crippen LogP contribution is 2.20. The molecule has 3 aromatic rings. The van der Waals surface area contributed by atoms with E-state index in [0.29, 0.717) is 22.1 Å². The maximum absolute atomic E-state index is 12.6. The Balaban J connectivity index is 1.87. The molecular weight excluding hydrogens is 402 g/mol. The normalized spacial score (nSPS) is 11.6. The SMILES string of the molecule is Cc1c(C(=O)Nc2cccc(S(=O)(=O)N(C)C)c2)nnn1-c1cccc(Cl)c1. The highest BCUT2D eigenvalue weighted by molar-refractivity contribution is 7.89. The first-order valence-corrected chi connectivity index (χ1v) is 10.0. The van der Waals surface area contributed by atoms with Crippen molar-refractivity contribution in [2.75, 3.05) is 19.4 Å². The Labute approximate surface area is 167 Å². The van der Waals surface area contributed by atoms with Gasteiger partial charge in [0.15, 0.2) is 5.69 Å².